The van der Waals surface area contributed by atoms with Crippen molar-refractivity contribution in [1.82, 2.24) is 10.6 Å². The molecule has 5 aliphatic heterocycles. The van der Waals surface area contributed by atoms with Gasteiger partial charge >= 0.3 is 0 Å². The van der Waals surface area contributed by atoms with Crippen LogP contribution in [-0.4, -0.2) is 173 Å². The number of hydrogen-bond acceptors (Lipinski definition) is 2. The van der Waals surface area contributed by atoms with Crippen LogP contribution in [0.5, 0.6) is 0 Å². The van der Waals surface area contributed by atoms with Crippen LogP contribution in [0.1, 0.15) is 25.7 Å². The maximum absolute atomic E-state index is 16.2. The van der Waals surface area contributed by atoms with Crippen LogP contribution in [0.25, 0.3) is 10.6 Å². The smallest absolute Gasteiger partial charge is 0.168 e. The minimum Gasteiger partial charge on any atom is -0.656 e. The van der Waals surface area contributed by atoms with Crippen molar-refractivity contribution in [2.45, 2.75) is 185 Å². The molecule has 8 bridgehead atoms. The number of nitrogens with zero attached hydrogens (tertiary/aromatic N) is 2. The number of alkyl halides is 20. The topological polar surface area (TPSA) is 52.3 Å². The Morgan fingerprint density at radius 2 is 0.449 bits per heavy atom. The summed E-state index contributed by atoms with van der Waals surface area (Å²) in [5.74, 6) is -19.6. The SMILES string of the molecule is FC1C(F)C(F)C(C2C3[CH-]C(NC3)C(C3C(F)C(F)C(F)C(F)C3F)C3CCC([N-]3)C(C3C(F)C(F)C(F)C(F)C3F)C3[CH-]C(NC3)C(C3C(F)C(F)C(F)C(F)C3F)C3CCC2[N-]3)C(F)C1F.[Cu]. The van der Waals surface area contributed by atoms with E-state index < -0.39 is 232 Å². The molecule has 0 aromatic heterocycles. The van der Waals surface area contributed by atoms with Crippen LogP contribution in [-0.2, 0) is 17.1 Å². The van der Waals surface area contributed by atoms with Gasteiger partial charge < -0.3 is 34.1 Å². The molecule has 403 valence electrons. The Morgan fingerprint density at radius 1 is 0.261 bits per heavy atom. The normalized spacial score (nSPS) is 61.4. The van der Waals surface area contributed by atoms with E-state index in [1.54, 1.807) is 0 Å². The summed E-state index contributed by atoms with van der Waals surface area (Å²) in [5, 5.41) is 14.9. The largest absolute Gasteiger partial charge is 0.656 e. The number of hydrogen-bond donors (Lipinski definition) is 2. The molecule has 0 amide bonds. The first kappa shape index (κ1) is 54.2. The molecule has 0 aromatic carbocycles. The molecular formula is C44H52CuF20N4-4. The predicted molar refractivity (Wildman–Crippen MR) is 205 cm³/mol. The van der Waals surface area contributed by atoms with E-state index in [0.717, 1.165) is 12.8 Å². The molecule has 5 saturated heterocycles. The summed E-state index contributed by atoms with van der Waals surface area (Å²) < 4.78 is 310. The maximum atomic E-state index is 16.2. The van der Waals surface area contributed by atoms with Crippen LogP contribution in [0.4, 0.5) is 87.8 Å². The molecule has 4 saturated carbocycles. The van der Waals surface area contributed by atoms with E-state index in [4.69, 9.17) is 0 Å². The Hall–Kier alpha value is -1.04. The predicted octanol–water partition coefficient (Wildman–Crippen LogP) is 9.14. The van der Waals surface area contributed by atoms with Gasteiger partial charge in [-0.25, -0.2) is 87.8 Å². The summed E-state index contributed by atoms with van der Waals surface area (Å²) in [7, 11) is 0. The molecule has 5 heterocycles. The number of fused-ring (bicyclic) bond motifs is 8. The first-order valence-electron chi connectivity index (χ1n) is 23.5. The van der Waals surface area contributed by atoms with Gasteiger partial charge in [0.05, 0.1) is 0 Å². The Labute approximate surface area is 395 Å². The number of halogens is 20. The summed E-state index contributed by atoms with van der Waals surface area (Å²) in [4.78, 5) is 0. The molecule has 25 heteroatoms. The van der Waals surface area contributed by atoms with Gasteiger partial charge in [-0.1, -0.05) is 49.4 Å². The van der Waals surface area contributed by atoms with E-state index in [-0.39, 0.29) is 42.8 Å². The fourth-order valence-corrected chi connectivity index (χ4v) is 14.4. The van der Waals surface area contributed by atoms with Crippen molar-refractivity contribution >= 4 is 0 Å². The molecule has 9 fully saturated rings. The summed E-state index contributed by atoms with van der Waals surface area (Å²) in [6.07, 6.45) is -63.2. The monoisotopic (exact) mass is 1080 g/mol. The minimum absolute atomic E-state index is 0. The van der Waals surface area contributed by atoms with E-state index in [9.17, 15) is 17.6 Å². The minimum atomic E-state index is -3.29. The van der Waals surface area contributed by atoms with Crippen molar-refractivity contribution in [3.8, 4) is 0 Å². The summed E-state index contributed by atoms with van der Waals surface area (Å²) in [5.41, 5.74) is 0. The summed E-state index contributed by atoms with van der Waals surface area (Å²) in [6, 6.07) is -9.22. The van der Waals surface area contributed by atoms with Gasteiger partial charge in [0.2, 0.25) is 0 Å². The second-order valence-corrected chi connectivity index (χ2v) is 20.8. The molecule has 2 N–H and O–H groups in total. The van der Waals surface area contributed by atoms with Crippen LogP contribution >= 0.6 is 0 Å². The molecule has 28 unspecified atom stereocenters. The van der Waals surface area contributed by atoms with Gasteiger partial charge in [-0.2, -0.15) is 11.8 Å². The third kappa shape index (κ3) is 8.82. The Morgan fingerprint density at radius 3 is 0.681 bits per heavy atom. The van der Waals surface area contributed by atoms with Crippen molar-refractivity contribution in [2.75, 3.05) is 13.1 Å². The van der Waals surface area contributed by atoms with Crippen LogP contribution < -0.4 is 10.6 Å². The number of rotatable bonds is 4. The third-order valence-electron chi connectivity index (χ3n) is 17.6. The van der Waals surface area contributed by atoms with Gasteiger partial charge in [0.25, 0.3) is 0 Å². The zero-order valence-corrected chi connectivity index (χ0v) is 36.9. The summed E-state index contributed by atoms with van der Waals surface area (Å²) in [6.45, 7) is -1.03. The molecule has 9 aliphatic rings. The van der Waals surface area contributed by atoms with Crippen LogP contribution in [0.15, 0.2) is 0 Å². The van der Waals surface area contributed by atoms with Gasteiger partial charge in [0.15, 0.2) is 74.1 Å². The van der Waals surface area contributed by atoms with E-state index >= 15 is 70.2 Å². The fourth-order valence-electron chi connectivity index (χ4n) is 14.4. The molecule has 0 spiro atoms. The van der Waals surface area contributed by atoms with Gasteiger partial charge in [0.1, 0.15) is 49.4 Å². The molecular weight excluding hydrogens is 1030 g/mol. The van der Waals surface area contributed by atoms with Gasteiger partial charge in [-0.15, -0.1) is 36.3 Å². The van der Waals surface area contributed by atoms with Crippen molar-refractivity contribution in [3.05, 3.63) is 23.5 Å². The van der Waals surface area contributed by atoms with E-state index in [1.165, 1.54) is 0 Å². The first-order valence-corrected chi connectivity index (χ1v) is 23.5. The first-order chi connectivity index (χ1) is 32.1. The zero-order chi connectivity index (χ0) is 49.3. The quantitative estimate of drug-likeness (QED) is 0.168. The molecule has 9 rings (SSSR count). The van der Waals surface area contributed by atoms with Gasteiger partial charge in [-0.3, -0.25) is 0 Å². The van der Waals surface area contributed by atoms with Crippen molar-refractivity contribution in [3.63, 3.8) is 0 Å². The van der Waals surface area contributed by atoms with Gasteiger partial charge in [-0.05, 0) is 13.1 Å². The second kappa shape index (κ2) is 20.6. The number of nitrogens with one attached hydrogen (secondary N) is 2. The van der Waals surface area contributed by atoms with E-state index in [2.05, 4.69) is 21.3 Å². The average Bonchev–Trinajstić information content (AvgIpc) is 4.18. The molecule has 28 atom stereocenters. The Kier molecular flexibility index (Phi) is 16.2. The molecule has 4 aliphatic carbocycles. The van der Waals surface area contributed by atoms with Gasteiger partial charge in [0, 0.05) is 40.7 Å². The third-order valence-corrected chi connectivity index (χ3v) is 17.6. The molecule has 0 aromatic rings. The second-order valence-electron chi connectivity index (χ2n) is 20.8. The Bertz CT molecular complexity index is 1400. The molecule has 69 heavy (non-hydrogen) atoms. The standard InChI is InChI=1S/C44H52F20N4.Cu/c45-25-21(26(46)34(54)41(61)33(25)53)17-9-5-16(65-7-9)20(24-31(51)39(59)44(64)40(60)32(24)52)14-4-2-12(68-14)18(22-27(47)35(55)42(62)36(56)28(22)48)10-6-15(66-8-10)19(13-3-1-11(17)67-13)23-29(49)37(57)43(63)38(58)30(23)50;/h5-6,9-44,65-66H,1-4,7-8H2;/q-4;. The average molecular weight is 1080 g/mol. The maximum Gasteiger partial charge on any atom is 0.168 e. The van der Waals surface area contributed by atoms with Crippen LogP contribution in [0.3, 0.4) is 0 Å². The molecule has 4 nitrogen and oxygen atoms in total. The van der Waals surface area contributed by atoms with Crippen LogP contribution in [0, 0.1) is 72.0 Å². The van der Waals surface area contributed by atoms with E-state index in [1.807, 2.05) is 0 Å². The summed E-state index contributed by atoms with van der Waals surface area (Å²) >= 11 is 0. The van der Waals surface area contributed by atoms with Crippen molar-refractivity contribution in [2.24, 2.45) is 59.2 Å². The molecule has 1 radical (unpaired) electrons. The van der Waals surface area contributed by atoms with E-state index in [0.29, 0.717) is 0 Å². The van der Waals surface area contributed by atoms with Crippen LogP contribution in [0.2, 0.25) is 0 Å². The van der Waals surface area contributed by atoms with Crippen molar-refractivity contribution in [1.29, 1.82) is 0 Å². The fraction of sp³-hybridized carbons (Fsp3) is 0.955. The van der Waals surface area contributed by atoms with Crippen molar-refractivity contribution < 1.29 is 105 Å². The Balaban J connectivity index is 0.00000642. The zero-order valence-electron chi connectivity index (χ0n) is 35.9.